The highest BCUT2D eigenvalue weighted by Crippen LogP contribution is 2.17. The first kappa shape index (κ1) is 16.6. The van der Waals surface area contributed by atoms with E-state index in [1.54, 1.807) is 35.4 Å². The molecule has 2 aromatic rings. The van der Waals surface area contributed by atoms with Crippen LogP contribution in [-0.2, 0) is 0 Å². The van der Waals surface area contributed by atoms with E-state index in [2.05, 4.69) is 34.0 Å². The first-order valence-electron chi connectivity index (χ1n) is 8.60. The molecular weight excluding hydrogens is 302 g/mol. The Morgan fingerprint density at radius 2 is 2.17 bits per heavy atom. The fourth-order valence-corrected chi connectivity index (χ4v) is 3.04. The molecule has 1 aliphatic heterocycles. The zero-order valence-corrected chi connectivity index (χ0v) is 14.4. The van der Waals surface area contributed by atoms with Crippen molar-refractivity contribution in [2.24, 2.45) is 5.92 Å². The topological polar surface area (TPSA) is 63.1 Å². The van der Waals surface area contributed by atoms with Gasteiger partial charge in [-0.1, -0.05) is 6.92 Å². The highest BCUT2D eigenvalue weighted by molar-refractivity contribution is 5.94. The molecule has 1 N–H and O–H groups in total. The molecule has 0 bridgehead atoms. The Hall–Kier alpha value is -2.21. The highest BCUT2D eigenvalue weighted by atomic mass is 16.1. The van der Waals surface area contributed by atoms with Crippen LogP contribution >= 0.6 is 0 Å². The lowest BCUT2D eigenvalue weighted by atomic mass is 9.98. The third kappa shape index (κ3) is 4.00. The second kappa shape index (κ2) is 7.57. The number of carbonyl (C=O) groups excluding carboxylic acids is 1. The standard InChI is InChI=1S/C18H25N5O/c1-14-4-8-22(9-5-14)15(2)12-21-18(24)16-3-6-20-17(11-16)23-10-7-19-13-23/h3,6-7,10-11,13-15H,4-5,8-9,12H2,1-2H3,(H,21,24). The summed E-state index contributed by atoms with van der Waals surface area (Å²) in [6.45, 7) is 7.40. The van der Waals surface area contributed by atoms with E-state index in [1.165, 1.54) is 12.8 Å². The molecule has 0 spiro atoms. The summed E-state index contributed by atoms with van der Waals surface area (Å²) in [5, 5.41) is 3.05. The van der Waals surface area contributed by atoms with Gasteiger partial charge in [0.15, 0.2) is 0 Å². The van der Waals surface area contributed by atoms with Gasteiger partial charge < -0.3 is 5.32 Å². The number of hydrogen-bond acceptors (Lipinski definition) is 4. The van der Waals surface area contributed by atoms with Crippen LogP contribution in [0.2, 0.25) is 0 Å². The Labute approximate surface area is 142 Å². The highest BCUT2D eigenvalue weighted by Gasteiger charge is 2.20. The Kier molecular flexibility index (Phi) is 5.25. The molecule has 3 rings (SSSR count). The average molecular weight is 327 g/mol. The Bertz CT molecular complexity index is 662. The quantitative estimate of drug-likeness (QED) is 0.914. The van der Waals surface area contributed by atoms with Gasteiger partial charge in [0.2, 0.25) is 0 Å². The van der Waals surface area contributed by atoms with E-state index < -0.39 is 0 Å². The number of nitrogens with zero attached hydrogens (tertiary/aromatic N) is 4. The van der Waals surface area contributed by atoms with Gasteiger partial charge in [0.05, 0.1) is 0 Å². The van der Waals surface area contributed by atoms with E-state index in [-0.39, 0.29) is 5.91 Å². The van der Waals surface area contributed by atoms with Crippen LogP contribution in [0.4, 0.5) is 0 Å². The zero-order chi connectivity index (χ0) is 16.9. The van der Waals surface area contributed by atoms with Crippen LogP contribution < -0.4 is 5.32 Å². The van der Waals surface area contributed by atoms with Crippen LogP contribution in [0.25, 0.3) is 5.82 Å². The predicted octanol–water partition coefficient (Wildman–Crippen LogP) is 2.12. The van der Waals surface area contributed by atoms with E-state index in [4.69, 9.17) is 0 Å². The third-order valence-corrected chi connectivity index (χ3v) is 4.78. The van der Waals surface area contributed by atoms with Crippen molar-refractivity contribution >= 4 is 5.91 Å². The van der Waals surface area contributed by atoms with E-state index >= 15 is 0 Å². The van der Waals surface area contributed by atoms with Crippen LogP contribution in [0.5, 0.6) is 0 Å². The average Bonchev–Trinajstić information content (AvgIpc) is 3.15. The van der Waals surface area contributed by atoms with Crippen LogP contribution in [0.15, 0.2) is 37.1 Å². The summed E-state index contributed by atoms with van der Waals surface area (Å²) in [7, 11) is 0. The summed E-state index contributed by atoms with van der Waals surface area (Å²) < 4.78 is 1.79. The van der Waals surface area contributed by atoms with Crippen LogP contribution in [0.1, 0.15) is 37.0 Å². The molecule has 0 aromatic carbocycles. The summed E-state index contributed by atoms with van der Waals surface area (Å²) in [5.41, 5.74) is 0.619. The van der Waals surface area contributed by atoms with E-state index in [0.29, 0.717) is 24.0 Å². The van der Waals surface area contributed by atoms with Crippen LogP contribution in [0.3, 0.4) is 0 Å². The number of likely N-dealkylation sites (tertiary alicyclic amines) is 1. The number of aromatic nitrogens is 3. The third-order valence-electron chi connectivity index (χ3n) is 4.78. The predicted molar refractivity (Wildman–Crippen MR) is 93.1 cm³/mol. The molecule has 0 saturated carbocycles. The number of pyridine rings is 1. The van der Waals surface area contributed by atoms with Gasteiger partial charge in [-0.15, -0.1) is 0 Å². The summed E-state index contributed by atoms with van der Waals surface area (Å²) >= 11 is 0. The molecule has 1 amide bonds. The molecule has 1 fully saturated rings. The smallest absolute Gasteiger partial charge is 0.251 e. The number of rotatable bonds is 5. The second-order valence-corrected chi connectivity index (χ2v) is 6.65. The normalized spacial score (nSPS) is 17.6. The Balaban J connectivity index is 1.56. The van der Waals surface area contributed by atoms with Gasteiger partial charge >= 0.3 is 0 Å². The van der Waals surface area contributed by atoms with E-state index in [0.717, 1.165) is 19.0 Å². The lowest BCUT2D eigenvalue weighted by molar-refractivity contribution is 0.0921. The Morgan fingerprint density at radius 3 is 2.88 bits per heavy atom. The molecule has 3 heterocycles. The van der Waals surface area contributed by atoms with Crippen molar-refractivity contribution in [3.8, 4) is 5.82 Å². The van der Waals surface area contributed by atoms with Crippen LogP contribution in [0, 0.1) is 5.92 Å². The first-order valence-corrected chi connectivity index (χ1v) is 8.60. The minimum atomic E-state index is -0.0593. The van der Waals surface area contributed by atoms with Crippen molar-refractivity contribution in [3.63, 3.8) is 0 Å². The maximum Gasteiger partial charge on any atom is 0.251 e. The van der Waals surface area contributed by atoms with Gasteiger partial charge in [-0.05, 0) is 50.9 Å². The lowest BCUT2D eigenvalue weighted by Crippen LogP contribution is -2.45. The van der Waals surface area contributed by atoms with Crippen LogP contribution in [-0.4, -0.2) is 51.0 Å². The maximum atomic E-state index is 12.4. The fraction of sp³-hybridized carbons (Fsp3) is 0.500. The lowest BCUT2D eigenvalue weighted by Gasteiger charge is -2.35. The van der Waals surface area contributed by atoms with Gasteiger partial charge in [-0.3, -0.25) is 14.3 Å². The molecular formula is C18H25N5O. The van der Waals surface area contributed by atoms with Gasteiger partial charge in [0.25, 0.3) is 5.91 Å². The molecule has 0 aliphatic carbocycles. The zero-order valence-electron chi connectivity index (χ0n) is 14.4. The molecule has 1 unspecified atom stereocenters. The number of amides is 1. The van der Waals surface area contributed by atoms with Crippen molar-refractivity contribution in [1.29, 1.82) is 0 Å². The van der Waals surface area contributed by atoms with E-state index in [9.17, 15) is 4.79 Å². The van der Waals surface area contributed by atoms with Crippen molar-refractivity contribution in [2.45, 2.75) is 32.7 Å². The molecule has 2 aromatic heterocycles. The van der Waals surface area contributed by atoms with Crippen molar-refractivity contribution in [1.82, 2.24) is 24.8 Å². The molecule has 24 heavy (non-hydrogen) atoms. The molecule has 128 valence electrons. The van der Waals surface area contributed by atoms with Gasteiger partial charge in [-0.2, -0.15) is 0 Å². The summed E-state index contributed by atoms with van der Waals surface area (Å²) in [5.74, 6) is 1.45. The molecule has 1 aliphatic rings. The van der Waals surface area contributed by atoms with Crippen molar-refractivity contribution in [2.75, 3.05) is 19.6 Å². The largest absolute Gasteiger partial charge is 0.350 e. The number of piperidine rings is 1. The SMILES string of the molecule is CC1CCN(C(C)CNC(=O)c2ccnc(-n3ccnc3)c2)CC1. The molecule has 0 radical (unpaired) electrons. The van der Waals surface area contributed by atoms with Gasteiger partial charge in [0.1, 0.15) is 12.1 Å². The maximum absolute atomic E-state index is 12.4. The van der Waals surface area contributed by atoms with Crippen molar-refractivity contribution < 1.29 is 4.79 Å². The monoisotopic (exact) mass is 327 g/mol. The minimum absolute atomic E-state index is 0.0593. The molecule has 1 saturated heterocycles. The van der Waals surface area contributed by atoms with Crippen molar-refractivity contribution in [3.05, 3.63) is 42.6 Å². The molecule has 6 heteroatoms. The number of imidazole rings is 1. The number of nitrogens with one attached hydrogen (secondary N) is 1. The van der Waals surface area contributed by atoms with E-state index in [1.807, 2.05) is 6.20 Å². The summed E-state index contributed by atoms with van der Waals surface area (Å²) in [4.78, 5) is 23.2. The summed E-state index contributed by atoms with van der Waals surface area (Å²) in [6.07, 6.45) is 9.32. The molecule has 6 nitrogen and oxygen atoms in total. The number of carbonyl (C=O) groups is 1. The van der Waals surface area contributed by atoms with Gasteiger partial charge in [0, 0.05) is 36.7 Å². The minimum Gasteiger partial charge on any atom is -0.350 e. The second-order valence-electron chi connectivity index (χ2n) is 6.65. The molecule has 1 atom stereocenters. The Morgan fingerprint density at radius 1 is 1.38 bits per heavy atom. The summed E-state index contributed by atoms with van der Waals surface area (Å²) in [6, 6.07) is 3.88. The van der Waals surface area contributed by atoms with Gasteiger partial charge in [-0.25, -0.2) is 9.97 Å². The first-order chi connectivity index (χ1) is 11.6. The fourth-order valence-electron chi connectivity index (χ4n) is 3.04. The number of hydrogen-bond donors (Lipinski definition) is 1.